The maximum atomic E-state index is 8.68. The lowest BCUT2D eigenvalue weighted by molar-refractivity contribution is 0.544. The van der Waals surface area contributed by atoms with Gasteiger partial charge < -0.3 is 4.90 Å². The molecule has 3 nitrogen and oxygen atoms in total. The van der Waals surface area contributed by atoms with Gasteiger partial charge in [0.25, 0.3) is 0 Å². The molecular formula is C12H15N3. The lowest BCUT2D eigenvalue weighted by atomic mass is 10.1. The maximum Gasteiger partial charge on any atom is 0.128 e. The van der Waals surface area contributed by atoms with E-state index in [1.54, 1.807) is 6.20 Å². The first-order valence-electron chi connectivity index (χ1n) is 5.35. The van der Waals surface area contributed by atoms with E-state index in [-0.39, 0.29) is 0 Å². The number of pyridine rings is 1. The lowest BCUT2D eigenvalue weighted by Crippen LogP contribution is -2.29. The monoisotopic (exact) mass is 201 g/mol. The van der Waals surface area contributed by atoms with Crippen molar-refractivity contribution < 1.29 is 0 Å². The van der Waals surface area contributed by atoms with Crippen LogP contribution in [-0.2, 0) is 0 Å². The minimum absolute atomic E-state index is 0.547. The van der Waals surface area contributed by atoms with E-state index < -0.39 is 0 Å². The van der Waals surface area contributed by atoms with Gasteiger partial charge in [0.1, 0.15) is 11.9 Å². The fraction of sp³-hybridized carbons (Fsp3) is 0.500. The fourth-order valence-corrected chi connectivity index (χ4v) is 2.04. The fourth-order valence-electron chi connectivity index (χ4n) is 2.04. The van der Waals surface area contributed by atoms with Crippen LogP contribution in [0.15, 0.2) is 18.3 Å². The highest BCUT2D eigenvalue weighted by Gasteiger charge is 2.27. The molecule has 2 unspecified atom stereocenters. The van der Waals surface area contributed by atoms with Gasteiger partial charge in [0.05, 0.1) is 5.56 Å². The topological polar surface area (TPSA) is 39.9 Å². The molecule has 0 spiro atoms. The normalized spacial score (nSPS) is 25.3. The van der Waals surface area contributed by atoms with Gasteiger partial charge in [-0.25, -0.2) is 4.98 Å². The Morgan fingerprint density at radius 2 is 2.27 bits per heavy atom. The second kappa shape index (κ2) is 3.90. The Hall–Kier alpha value is -1.56. The Balaban J connectivity index is 2.20. The predicted octanol–water partition coefficient (Wildman–Crippen LogP) is 2.19. The molecule has 78 valence electrons. The van der Waals surface area contributed by atoms with Crippen molar-refractivity contribution >= 4 is 5.82 Å². The average molecular weight is 201 g/mol. The highest BCUT2D eigenvalue weighted by molar-refractivity contribution is 5.43. The smallest absolute Gasteiger partial charge is 0.128 e. The van der Waals surface area contributed by atoms with Crippen LogP contribution in [-0.4, -0.2) is 17.6 Å². The zero-order chi connectivity index (χ0) is 10.8. The summed E-state index contributed by atoms with van der Waals surface area (Å²) in [6, 6.07) is 6.40. The first-order chi connectivity index (χ1) is 7.22. The standard InChI is InChI=1S/C12H15N3/c1-9-5-6-15(10(9)2)12-4-3-11(7-13)8-14-12/h3-4,8-10H,5-6H2,1-2H3. The van der Waals surface area contributed by atoms with Crippen LogP contribution in [0.4, 0.5) is 5.82 Å². The molecule has 1 saturated heterocycles. The first kappa shape index (κ1) is 9.97. The number of nitriles is 1. The Kier molecular flexibility index (Phi) is 2.59. The zero-order valence-corrected chi connectivity index (χ0v) is 9.14. The highest BCUT2D eigenvalue weighted by Crippen LogP contribution is 2.27. The number of hydrogen-bond acceptors (Lipinski definition) is 3. The zero-order valence-electron chi connectivity index (χ0n) is 9.14. The molecule has 0 N–H and O–H groups in total. The third kappa shape index (κ3) is 1.80. The molecule has 0 radical (unpaired) electrons. The molecule has 0 aromatic carbocycles. The van der Waals surface area contributed by atoms with Crippen LogP contribution in [0.25, 0.3) is 0 Å². The van der Waals surface area contributed by atoms with E-state index in [0.29, 0.717) is 11.6 Å². The summed E-state index contributed by atoms with van der Waals surface area (Å²) in [5.41, 5.74) is 0.624. The van der Waals surface area contributed by atoms with Crippen molar-refractivity contribution in [3.63, 3.8) is 0 Å². The summed E-state index contributed by atoms with van der Waals surface area (Å²) >= 11 is 0. The molecule has 0 aliphatic carbocycles. The Morgan fingerprint density at radius 1 is 1.47 bits per heavy atom. The third-order valence-electron chi connectivity index (χ3n) is 3.31. The van der Waals surface area contributed by atoms with Gasteiger partial charge in [-0.2, -0.15) is 5.26 Å². The first-order valence-corrected chi connectivity index (χ1v) is 5.35. The predicted molar refractivity (Wildman–Crippen MR) is 59.5 cm³/mol. The van der Waals surface area contributed by atoms with Crippen LogP contribution >= 0.6 is 0 Å². The Bertz CT molecular complexity index is 377. The van der Waals surface area contributed by atoms with E-state index in [1.807, 2.05) is 12.1 Å². The minimum atomic E-state index is 0.547. The highest BCUT2D eigenvalue weighted by atomic mass is 15.2. The van der Waals surface area contributed by atoms with Crippen LogP contribution in [0.3, 0.4) is 0 Å². The summed E-state index contributed by atoms with van der Waals surface area (Å²) in [7, 11) is 0. The van der Waals surface area contributed by atoms with Gasteiger partial charge in [-0.05, 0) is 31.4 Å². The van der Waals surface area contributed by atoms with Gasteiger partial charge in [0, 0.05) is 18.8 Å². The van der Waals surface area contributed by atoms with Crippen molar-refractivity contribution in [1.82, 2.24) is 4.98 Å². The molecule has 0 amide bonds. The molecule has 15 heavy (non-hydrogen) atoms. The molecule has 1 aliphatic heterocycles. The second-order valence-corrected chi connectivity index (χ2v) is 4.22. The van der Waals surface area contributed by atoms with Crippen LogP contribution in [0, 0.1) is 17.2 Å². The molecular weight excluding hydrogens is 186 g/mol. The maximum absolute atomic E-state index is 8.68. The van der Waals surface area contributed by atoms with Gasteiger partial charge >= 0.3 is 0 Å². The van der Waals surface area contributed by atoms with Crippen LogP contribution < -0.4 is 4.90 Å². The second-order valence-electron chi connectivity index (χ2n) is 4.22. The minimum Gasteiger partial charge on any atom is -0.354 e. The molecule has 2 rings (SSSR count). The summed E-state index contributed by atoms with van der Waals surface area (Å²) in [5, 5.41) is 8.68. The number of aromatic nitrogens is 1. The molecule has 1 aromatic heterocycles. The summed E-state index contributed by atoms with van der Waals surface area (Å²) in [6.07, 6.45) is 2.87. The molecule has 2 atom stereocenters. The molecule has 1 fully saturated rings. The van der Waals surface area contributed by atoms with Crippen molar-refractivity contribution in [3.05, 3.63) is 23.9 Å². The number of rotatable bonds is 1. The van der Waals surface area contributed by atoms with Crippen molar-refractivity contribution in [2.45, 2.75) is 26.3 Å². The Morgan fingerprint density at radius 3 is 2.73 bits per heavy atom. The van der Waals surface area contributed by atoms with Crippen molar-refractivity contribution in [2.24, 2.45) is 5.92 Å². The van der Waals surface area contributed by atoms with E-state index in [9.17, 15) is 0 Å². The van der Waals surface area contributed by atoms with Gasteiger partial charge in [-0.1, -0.05) is 6.92 Å². The molecule has 0 saturated carbocycles. The van der Waals surface area contributed by atoms with Crippen LogP contribution in [0.1, 0.15) is 25.8 Å². The van der Waals surface area contributed by atoms with Crippen molar-refractivity contribution in [2.75, 3.05) is 11.4 Å². The molecule has 1 aliphatic rings. The van der Waals surface area contributed by atoms with Gasteiger partial charge in [0.15, 0.2) is 0 Å². The van der Waals surface area contributed by atoms with Crippen LogP contribution in [0.5, 0.6) is 0 Å². The molecule has 1 aromatic rings. The lowest BCUT2D eigenvalue weighted by Gasteiger charge is -2.24. The van der Waals surface area contributed by atoms with E-state index in [1.165, 1.54) is 6.42 Å². The summed E-state index contributed by atoms with van der Waals surface area (Å²) in [6.45, 7) is 5.58. The van der Waals surface area contributed by atoms with Crippen molar-refractivity contribution in [1.29, 1.82) is 5.26 Å². The van der Waals surface area contributed by atoms with E-state index in [4.69, 9.17) is 5.26 Å². The average Bonchev–Trinajstić information content (AvgIpc) is 2.60. The SMILES string of the molecule is CC1CCN(c2ccc(C#N)cn2)C1C. The number of anilines is 1. The van der Waals surface area contributed by atoms with Crippen LogP contribution in [0.2, 0.25) is 0 Å². The number of hydrogen-bond donors (Lipinski definition) is 0. The van der Waals surface area contributed by atoms with Gasteiger partial charge in [-0.3, -0.25) is 0 Å². The quantitative estimate of drug-likeness (QED) is 0.699. The van der Waals surface area contributed by atoms with E-state index >= 15 is 0 Å². The number of nitrogens with zero attached hydrogens (tertiary/aromatic N) is 3. The van der Waals surface area contributed by atoms with E-state index in [2.05, 4.69) is 29.8 Å². The van der Waals surface area contributed by atoms with E-state index in [0.717, 1.165) is 18.3 Å². The van der Waals surface area contributed by atoms with Crippen molar-refractivity contribution in [3.8, 4) is 6.07 Å². The molecule has 2 heterocycles. The van der Waals surface area contributed by atoms with Gasteiger partial charge in [0.2, 0.25) is 0 Å². The summed E-state index contributed by atoms with van der Waals surface area (Å²) in [4.78, 5) is 6.63. The summed E-state index contributed by atoms with van der Waals surface area (Å²) < 4.78 is 0. The largest absolute Gasteiger partial charge is 0.354 e. The molecule has 3 heteroatoms. The Labute approximate surface area is 90.4 Å². The third-order valence-corrected chi connectivity index (χ3v) is 3.31. The summed E-state index contributed by atoms with van der Waals surface area (Å²) in [5.74, 6) is 1.72. The molecule has 0 bridgehead atoms. The van der Waals surface area contributed by atoms with Gasteiger partial charge in [-0.15, -0.1) is 0 Å².